The van der Waals surface area contributed by atoms with Gasteiger partial charge in [0, 0.05) is 37.1 Å². The summed E-state index contributed by atoms with van der Waals surface area (Å²) in [5, 5.41) is 0. The molecule has 2 aromatic rings. The van der Waals surface area contributed by atoms with Crippen molar-refractivity contribution in [3.8, 4) is 11.6 Å². The number of benzene rings is 1. The Morgan fingerprint density at radius 1 is 1.43 bits per heavy atom. The molecule has 112 valence electrons. The van der Waals surface area contributed by atoms with E-state index < -0.39 is 5.82 Å². The first-order chi connectivity index (χ1) is 10.0. The molecule has 1 aromatic heterocycles. The highest BCUT2D eigenvalue weighted by molar-refractivity contribution is 5.31. The maximum atomic E-state index is 13.6. The number of nitrogens with two attached hydrogens (primary N) is 1. The zero-order chi connectivity index (χ0) is 15.4. The van der Waals surface area contributed by atoms with Gasteiger partial charge in [0.1, 0.15) is 11.6 Å². The van der Waals surface area contributed by atoms with Crippen LogP contribution in [0.15, 0.2) is 35.4 Å². The van der Waals surface area contributed by atoms with Crippen molar-refractivity contribution in [3.05, 3.63) is 52.3 Å². The third kappa shape index (κ3) is 3.66. The molecule has 0 saturated carbocycles. The third-order valence-corrected chi connectivity index (χ3v) is 2.90. The van der Waals surface area contributed by atoms with Crippen LogP contribution in [0.1, 0.15) is 19.4 Å². The fraction of sp³-hybridized carbons (Fsp3) is 0.333. The van der Waals surface area contributed by atoms with Crippen LogP contribution in [0.3, 0.4) is 0 Å². The molecule has 0 saturated heterocycles. The van der Waals surface area contributed by atoms with E-state index in [1.807, 2.05) is 13.8 Å². The van der Waals surface area contributed by atoms with E-state index in [4.69, 9.17) is 10.5 Å². The van der Waals surface area contributed by atoms with E-state index in [9.17, 15) is 9.18 Å². The quantitative estimate of drug-likeness (QED) is 0.917. The number of halogens is 1. The highest BCUT2D eigenvalue weighted by atomic mass is 19.1. The van der Waals surface area contributed by atoms with Crippen LogP contribution in [-0.4, -0.2) is 9.55 Å². The monoisotopic (exact) mass is 291 g/mol. The number of ether oxygens (including phenoxy) is 1. The molecule has 0 fully saturated rings. The van der Waals surface area contributed by atoms with Crippen LogP contribution in [0.5, 0.6) is 11.6 Å². The Morgan fingerprint density at radius 3 is 2.81 bits per heavy atom. The molecule has 2 rings (SSSR count). The molecule has 0 atom stereocenters. The van der Waals surface area contributed by atoms with Crippen LogP contribution in [0, 0.1) is 11.7 Å². The second-order valence-corrected chi connectivity index (χ2v) is 5.14. The molecule has 0 spiro atoms. The molecule has 1 aromatic carbocycles. The molecule has 0 aliphatic carbocycles. The van der Waals surface area contributed by atoms with Crippen LogP contribution in [0.2, 0.25) is 0 Å². The first-order valence-corrected chi connectivity index (χ1v) is 6.73. The number of nitrogens with zero attached hydrogens (tertiary/aromatic N) is 2. The first kappa shape index (κ1) is 15.2. The van der Waals surface area contributed by atoms with Crippen molar-refractivity contribution in [1.29, 1.82) is 0 Å². The zero-order valence-corrected chi connectivity index (χ0v) is 12.0. The highest BCUT2D eigenvalue weighted by Crippen LogP contribution is 2.20. The predicted molar refractivity (Wildman–Crippen MR) is 77.7 cm³/mol. The van der Waals surface area contributed by atoms with E-state index in [0.29, 0.717) is 18.0 Å². The average molecular weight is 291 g/mol. The van der Waals surface area contributed by atoms with Crippen LogP contribution in [-0.2, 0) is 13.1 Å². The van der Waals surface area contributed by atoms with Gasteiger partial charge < -0.3 is 15.0 Å². The SMILES string of the molecule is CC(C)Cn1ccnc(Oc2ccc(CN)c(F)c2)c1=O. The summed E-state index contributed by atoms with van der Waals surface area (Å²) in [6, 6.07) is 4.29. The van der Waals surface area contributed by atoms with Gasteiger partial charge in [0.15, 0.2) is 0 Å². The van der Waals surface area contributed by atoms with E-state index in [1.54, 1.807) is 12.3 Å². The summed E-state index contributed by atoms with van der Waals surface area (Å²) in [5.41, 5.74) is 5.45. The number of hydrogen-bond acceptors (Lipinski definition) is 4. The lowest BCUT2D eigenvalue weighted by molar-refractivity contribution is 0.429. The van der Waals surface area contributed by atoms with Gasteiger partial charge in [-0.1, -0.05) is 19.9 Å². The van der Waals surface area contributed by atoms with Gasteiger partial charge in [-0.2, -0.15) is 0 Å². The van der Waals surface area contributed by atoms with Crippen molar-refractivity contribution < 1.29 is 9.13 Å². The summed E-state index contributed by atoms with van der Waals surface area (Å²) in [6.45, 7) is 4.69. The summed E-state index contributed by atoms with van der Waals surface area (Å²) in [7, 11) is 0. The standard InChI is InChI=1S/C15H18FN3O2/c1-10(2)9-19-6-5-18-14(15(19)20)21-12-4-3-11(8-17)13(16)7-12/h3-7,10H,8-9,17H2,1-2H3. The summed E-state index contributed by atoms with van der Waals surface area (Å²) < 4.78 is 20.6. The van der Waals surface area contributed by atoms with Crippen molar-refractivity contribution in [2.75, 3.05) is 0 Å². The minimum atomic E-state index is -0.464. The van der Waals surface area contributed by atoms with Crippen LogP contribution in [0.4, 0.5) is 4.39 Å². The maximum absolute atomic E-state index is 13.6. The lowest BCUT2D eigenvalue weighted by Gasteiger charge is -2.10. The first-order valence-electron chi connectivity index (χ1n) is 6.73. The van der Waals surface area contributed by atoms with E-state index in [2.05, 4.69) is 4.98 Å². The van der Waals surface area contributed by atoms with Gasteiger partial charge >= 0.3 is 5.56 Å². The Labute approximate surface area is 122 Å². The minimum Gasteiger partial charge on any atom is -0.435 e. The van der Waals surface area contributed by atoms with Gasteiger partial charge in [0.05, 0.1) is 0 Å². The Balaban J connectivity index is 2.27. The second-order valence-electron chi connectivity index (χ2n) is 5.14. The molecule has 0 amide bonds. The van der Waals surface area contributed by atoms with Crippen molar-refractivity contribution in [1.82, 2.24) is 9.55 Å². The molecule has 0 aliphatic rings. The van der Waals surface area contributed by atoms with Gasteiger partial charge in [-0.05, 0) is 12.0 Å². The van der Waals surface area contributed by atoms with Gasteiger partial charge in [-0.3, -0.25) is 4.79 Å². The largest absolute Gasteiger partial charge is 0.435 e. The molecule has 0 unspecified atom stereocenters. The summed E-state index contributed by atoms with van der Waals surface area (Å²) in [5.74, 6) is 0.00214. The van der Waals surface area contributed by atoms with Crippen molar-refractivity contribution in [2.45, 2.75) is 26.9 Å². The molecule has 0 radical (unpaired) electrons. The third-order valence-electron chi connectivity index (χ3n) is 2.90. The number of aromatic nitrogens is 2. The molecular weight excluding hydrogens is 273 g/mol. The van der Waals surface area contributed by atoms with E-state index >= 15 is 0 Å². The van der Waals surface area contributed by atoms with Crippen LogP contribution >= 0.6 is 0 Å². The molecular formula is C15H18FN3O2. The molecule has 0 aliphatic heterocycles. The van der Waals surface area contributed by atoms with Crippen molar-refractivity contribution in [3.63, 3.8) is 0 Å². The Hall–Kier alpha value is -2.21. The van der Waals surface area contributed by atoms with Gasteiger partial charge in [0.25, 0.3) is 5.88 Å². The van der Waals surface area contributed by atoms with Crippen LogP contribution < -0.4 is 16.0 Å². The molecule has 1 heterocycles. The van der Waals surface area contributed by atoms with Gasteiger partial charge in [-0.15, -0.1) is 0 Å². The number of hydrogen-bond donors (Lipinski definition) is 1. The molecule has 0 bridgehead atoms. The summed E-state index contributed by atoms with van der Waals surface area (Å²) >= 11 is 0. The Kier molecular flexibility index (Phi) is 4.70. The topological polar surface area (TPSA) is 70.1 Å². The zero-order valence-electron chi connectivity index (χ0n) is 12.0. The predicted octanol–water partition coefficient (Wildman–Crippen LogP) is 2.29. The van der Waals surface area contributed by atoms with Gasteiger partial charge in [0.2, 0.25) is 0 Å². The fourth-order valence-corrected chi connectivity index (χ4v) is 1.90. The van der Waals surface area contributed by atoms with E-state index in [-0.39, 0.29) is 23.7 Å². The molecule has 5 nitrogen and oxygen atoms in total. The highest BCUT2D eigenvalue weighted by Gasteiger charge is 2.10. The lowest BCUT2D eigenvalue weighted by Crippen LogP contribution is -2.23. The Bertz CT molecular complexity index is 683. The van der Waals surface area contributed by atoms with E-state index in [1.165, 1.54) is 22.9 Å². The smallest absolute Gasteiger partial charge is 0.313 e. The normalized spacial score (nSPS) is 10.9. The second kappa shape index (κ2) is 6.49. The number of rotatable bonds is 5. The maximum Gasteiger partial charge on any atom is 0.313 e. The summed E-state index contributed by atoms with van der Waals surface area (Å²) in [6.07, 6.45) is 3.09. The molecule has 21 heavy (non-hydrogen) atoms. The Morgan fingerprint density at radius 2 is 2.19 bits per heavy atom. The average Bonchev–Trinajstić information content (AvgIpc) is 2.43. The minimum absolute atomic E-state index is 0.0713. The van der Waals surface area contributed by atoms with Crippen molar-refractivity contribution >= 4 is 0 Å². The summed E-state index contributed by atoms with van der Waals surface area (Å²) in [4.78, 5) is 16.1. The molecule has 2 N–H and O–H groups in total. The van der Waals surface area contributed by atoms with Crippen LogP contribution in [0.25, 0.3) is 0 Å². The lowest BCUT2D eigenvalue weighted by atomic mass is 10.2. The van der Waals surface area contributed by atoms with E-state index in [0.717, 1.165) is 0 Å². The van der Waals surface area contributed by atoms with Gasteiger partial charge in [-0.25, -0.2) is 9.37 Å². The molecule has 6 heteroatoms. The fourth-order valence-electron chi connectivity index (χ4n) is 1.90. The van der Waals surface area contributed by atoms with Crippen molar-refractivity contribution in [2.24, 2.45) is 11.7 Å².